The van der Waals surface area contributed by atoms with Crippen molar-refractivity contribution in [2.24, 2.45) is 0 Å². The topological polar surface area (TPSA) is 48.0 Å². The summed E-state index contributed by atoms with van der Waals surface area (Å²) in [4.78, 5) is 15.5. The lowest BCUT2D eigenvalue weighted by Crippen LogP contribution is -2.31. The largest absolute Gasteiger partial charge is 0.496 e. The lowest BCUT2D eigenvalue weighted by molar-refractivity contribution is 0.0872. The van der Waals surface area contributed by atoms with Gasteiger partial charge in [-0.2, -0.15) is 0 Å². The lowest BCUT2D eigenvalue weighted by Gasteiger charge is -2.30. The van der Waals surface area contributed by atoms with E-state index in [9.17, 15) is 4.79 Å². The molecule has 0 atom stereocenters. The Morgan fingerprint density at radius 2 is 1.97 bits per heavy atom. The van der Waals surface area contributed by atoms with Crippen molar-refractivity contribution in [3.05, 3.63) is 92.6 Å². The summed E-state index contributed by atoms with van der Waals surface area (Å²) in [6, 6.07) is 17.9. The summed E-state index contributed by atoms with van der Waals surface area (Å²) in [5, 5.41) is 0. The number of carbonyl (C=O) groups excluding carboxylic acids is 1. The van der Waals surface area contributed by atoms with Crippen LogP contribution in [0.5, 0.6) is 17.2 Å². The smallest absolute Gasteiger partial charge is 0.232 e. The average molecular weight is 492 g/mol. The van der Waals surface area contributed by atoms with Crippen LogP contribution in [0.1, 0.15) is 32.6 Å². The summed E-state index contributed by atoms with van der Waals surface area (Å²) < 4.78 is 18.6. The molecule has 5 rings (SSSR count). The Labute approximate surface area is 195 Å². The van der Waals surface area contributed by atoms with Crippen LogP contribution in [0.15, 0.2) is 64.8 Å². The highest BCUT2D eigenvalue weighted by Gasteiger charge is 2.35. The summed E-state index contributed by atoms with van der Waals surface area (Å²) in [5.41, 5.74) is 4.35. The normalized spacial score (nSPS) is 16.3. The number of nitrogens with zero attached hydrogens (tertiary/aromatic N) is 1. The van der Waals surface area contributed by atoms with Crippen molar-refractivity contribution in [2.75, 3.05) is 13.8 Å². The Morgan fingerprint density at radius 3 is 2.75 bits per heavy atom. The molecule has 0 saturated heterocycles. The molecule has 0 saturated carbocycles. The molecule has 3 aromatic carbocycles. The van der Waals surface area contributed by atoms with Crippen molar-refractivity contribution < 1.29 is 19.0 Å². The van der Waals surface area contributed by atoms with Crippen molar-refractivity contribution in [3.8, 4) is 17.2 Å². The first-order chi connectivity index (χ1) is 15.5. The van der Waals surface area contributed by atoms with Crippen LogP contribution in [-0.4, -0.2) is 24.5 Å². The van der Waals surface area contributed by atoms with E-state index in [1.807, 2.05) is 49.4 Å². The van der Waals surface area contributed by atoms with E-state index in [0.717, 1.165) is 33.5 Å². The van der Waals surface area contributed by atoms with E-state index in [2.05, 4.69) is 33.0 Å². The van der Waals surface area contributed by atoms with E-state index in [1.54, 1.807) is 13.2 Å². The fourth-order valence-electron chi connectivity index (χ4n) is 4.18. The van der Waals surface area contributed by atoms with Gasteiger partial charge in [-0.05, 0) is 48.4 Å². The van der Waals surface area contributed by atoms with E-state index in [-0.39, 0.29) is 11.5 Å². The number of allylic oxidation sites excluding steroid dienone is 1. The zero-order valence-electron chi connectivity index (χ0n) is 17.9. The van der Waals surface area contributed by atoms with Gasteiger partial charge in [-0.3, -0.25) is 9.69 Å². The zero-order valence-corrected chi connectivity index (χ0v) is 19.4. The lowest BCUT2D eigenvalue weighted by atomic mass is 9.98. The minimum atomic E-state index is -0.123. The summed E-state index contributed by atoms with van der Waals surface area (Å²) in [6.45, 7) is 3.82. The fourth-order valence-corrected chi connectivity index (χ4v) is 4.56. The SMILES string of the molecule is COc1ccc(Br)cc1/C=C1\Oc2c3c(cc(C)c2C1=O)OCN(Cc1ccccc1)C3. The van der Waals surface area contributed by atoms with Crippen molar-refractivity contribution in [1.29, 1.82) is 0 Å². The number of Topliss-reactive ketones (excluding diaryl/α,β-unsaturated/α-hetero) is 1. The van der Waals surface area contributed by atoms with Crippen LogP contribution < -0.4 is 14.2 Å². The molecule has 0 fully saturated rings. The summed E-state index contributed by atoms with van der Waals surface area (Å²) in [5.74, 6) is 2.21. The second kappa shape index (κ2) is 8.45. The molecule has 2 heterocycles. The first-order valence-electron chi connectivity index (χ1n) is 10.4. The van der Waals surface area contributed by atoms with Crippen LogP contribution in [0.25, 0.3) is 6.08 Å². The summed E-state index contributed by atoms with van der Waals surface area (Å²) in [6.07, 6.45) is 1.74. The van der Waals surface area contributed by atoms with Gasteiger partial charge in [-0.1, -0.05) is 46.3 Å². The zero-order chi connectivity index (χ0) is 22.2. The Hall–Kier alpha value is -3.09. The second-order valence-corrected chi connectivity index (χ2v) is 8.86. The molecule has 0 unspecified atom stereocenters. The highest BCUT2D eigenvalue weighted by Crippen LogP contribution is 2.44. The molecule has 5 nitrogen and oxygen atoms in total. The fraction of sp³-hybridized carbons (Fsp3) is 0.192. The molecule has 0 radical (unpaired) electrons. The van der Waals surface area contributed by atoms with Gasteiger partial charge >= 0.3 is 0 Å². The molecule has 32 heavy (non-hydrogen) atoms. The molecule has 0 amide bonds. The molecular weight excluding hydrogens is 470 g/mol. The molecule has 2 aliphatic heterocycles. The van der Waals surface area contributed by atoms with Crippen LogP contribution in [0.4, 0.5) is 0 Å². The van der Waals surface area contributed by atoms with Gasteiger partial charge in [0.1, 0.15) is 24.0 Å². The van der Waals surface area contributed by atoms with Gasteiger partial charge in [-0.25, -0.2) is 0 Å². The van der Waals surface area contributed by atoms with Crippen molar-refractivity contribution in [2.45, 2.75) is 20.0 Å². The highest BCUT2D eigenvalue weighted by atomic mass is 79.9. The molecule has 0 spiro atoms. The number of aryl methyl sites for hydroxylation is 1. The molecule has 0 bridgehead atoms. The maximum Gasteiger partial charge on any atom is 0.232 e. The second-order valence-electron chi connectivity index (χ2n) is 7.95. The van der Waals surface area contributed by atoms with E-state index in [4.69, 9.17) is 14.2 Å². The number of benzene rings is 3. The van der Waals surface area contributed by atoms with Gasteiger partial charge in [-0.15, -0.1) is 0 Å². The third kappa shape index (κ3) is 3.80. The molecule has 3 aromatic rings. The molecule has 2 aliphatic rings. The Balaban J connectivity index is 1.49. The van der Waals surface area contributed by atoms with E-state index < -0.39 is 0 Å². The molecule has 0 aliphatic carbocycles. The van der Waals surface area contributed by atoms with Gasteiger partial charge in [0.2, 0.25) is 5.78 Å². The number of methoxy groups -OCH3 is 1. The Kier molecular flexibility index (Phi) is 5.49. The molecule has 6 heteroatoms. The van der Waals surface area contributed by atoms with Crippen LogP contribution in [0, 0.1) is 6.92 Å². The number of hydrogen-bond donors (Lipinski definition) is 0. The number of fused-ring (bicyclic) bond motifs is 3. The van der Waals surface area contributed by atoms with Crippen molar-refractivity contribution >= 4 is 27.8 Å². The highest BCUT2D eigenvalue weighted by molar-refractivity contribution is 9.10. The van der Waals surface area contributed by atoms with Crippen LogP contribution >= 0.6 is 15.9 Å². The molecule has 0 N–H and O–H groups in total. The number of ether oxygens (including phenoxy) is 3. The maximum absolute atomic E-state index is 13.3. The minimum absolute atomic E-state index is 0.123. The standard InChI is InChI=1S/C26H22BrNO4/c1-16-10-22-20(14-28(15-31-22)13-17-6-4-3-5-7-17)26-24(16)25(29)23(32-26)12-18-11-19(27)8-9-21(18)30-2/h3-12H,13-15H2,1-2H3/b23-12-. The average Bonchev–Trinajstić information content (AvgIpc) is 3.12. The molecule has 0 aromatic heterocycles. The van der Waals surface area contributed by atoms with Crippen LogP contribution in [-0.2, 0) is 13.1 Å². The van der Waals surface area contributed by atoms with Crippen molar-refractivity contribution in [1.82, 2.24) is 4.90 Å². The maximum atomic E-state index is 13.3. The van der Waals surface area contributed by atoms with E-state index >= 15 is 0 Å². The predicted molar refractivity (Wildman–Crippen MR) is 126 cm³/mol. The number of rotatable bonds is 4. The summed E-state index contributed by atoms with van der Waals surface area (Å²) in [7, 11) is 1.61. The number of ketones is 1. The minimum Gasteiger partial charge on any atom is -0.496 e. The van der Waals surface area contributed by atoms with Gasteiger partial charge in [0.25, 0.3) is 0 Å². The Morgan fingerprint density at radius 1 is 1.16 bits per heavy atom. The molecular formula is C26H22BrNO4. The van der Waals surface area contributed by atoms with Gasteiger partial charge in [0.15, 0.2) is 5.76 Å². The quantitative estimate of drug-likeness (QED) is 0.435. The monoisotopic (exact) mass is 491 g/mol. The summed E-state index contributed by atoms with van der Waals surface area (Å²) >= 11 is 3.48. The van der Waals surface area contributed by atoms with E-state index in [0.29, 0.717) is 30.3 Å². The Bertz CT molecular complexity index is 1240. The number of carbonyl (C=O) groups is 1. The van der Waals surface area contributed by atoms with Gasteiger partial charge in [0, 0.05) is 23.1 Å². The molecule has 162 valence electrons. The predicted octanol–water partition coefficient (Wildman–Crippen LogP) is 5.73. The van der Waals surface area contributed by atoms with Gasteiger partial charge in [0.05, 0.1) is 18.2 Å². The third-order valence-corrected chi connectivity index (χ3v) is 6.21. The van der Waals surface area contributed by atoms with Crippen LogP contribution in [0.2, 0.25) is 0 Å². The first-order valence-corrected chi connectivity index (χ1v) is 11.2. The third-order valence-electron chi connectivity index (χ3n) is 5.72. The first kappa shape index (κ1) is 20.8. The van der Waals surface area contributed by atoms with Crippen molar-refractivity contribution in [3.63, 3.8) is 0 Å². The van der Waals surface area contributed by atoms with E-state index in [1.165, 1.54) is 5.56 Å². The van der Waals surface area contributed by atoms with Crippen LogP contribution in [0.3, 0.4) is 0 Å². The number of halogens is 1. The number of hydrogen-bond acceptors (Lipinski definition) is 5. The van der Waals surface area contributed by atoms with Gasteiger partial charge < -0.3 is 14.2 Å².